The third kappa shape index (κ3) is 12.5. The molecule has 29 heteroatoms. The smallest absolute Gasteiger partial charge is 0.333 e. The highest BCUT2D eigenvalue weighted by atomic mass is 32.2. The van der Waals surface area contributed by atoms with Crippen LogP contribution in [0.1, 0.15) is 77.3 Å². The molecule has 1 fully saturated rings. The van der Waals surface area contributed by atoms with Gasteiger partial charge in [-0.15, -0.1) is 5.06 Å². The number of rotatable bonds is 22. The fourth-order valence-corrected chi connectivity index (χ4v) is 13.7. The van der Waals surface area contributed by atoms with E-state index in [1.165, 1.54) is 25.3 Å². The van der Waals surface area contributed by atoms with Crippen LogP contribution in [0.4, 0.5) is 11.4 Å². The van der Waals surface area contributed by atoms with Gasteiger partial charge in [-0.2, -0.15) is 42.1 Å². The number of anilines is 2. The highest BCUT2D eigenvalue weighted by Crippen LogP contribution is 2.54. The summed E-state index contributed by atoms with van der Waals surface area (Å²) in [5, 5.41) is 0.219. The summed E-state index contributed by atoms with van der Waals surface area (Å²) in [5.41, 5.74) is 0.0895. The van der Waals surface area contributed by atoms with Crippen molar-refractivity contribution in [1.82, 2.24) is 5.06 Å². The Kier molecular flexibility index (Phi) is 17.0. The molecule has 7 rings (SSSR count). The highest BCUT2D eigenvalue weighted by Gasteiger charge is 2.48. The van der Waals surface area contributed by atoms with Gasteiger partial charge in [0.15, 0.2) is 0 Å². The summed E-state index contributed by atoms with van der Waals surface area (Å²) < 4.78 is 187. The molecule has 78 heavy (non-hydrogen) atoms. The third-order valence-corrected chi connectivity index (χ3v) is 18.2. The zero-order valence-corrected chi connectivity index (χ0v) is 46.7. The predicted molar refractivity (Wildman–Crippen MR) is 282 cm³/mol. The lowest BCUT2D eigenvalue weighted by molar-refractivity contribution is -0.197. The summed E-state index contributed by atoms with van der Waals surface area (Å²) in [6.07, 6.45) is 6.18. The first-order chi connectivity index (χ1) is 36.1. The van der Waals surface area contributed by atoms with E-state index in [0.717, 1.165) is 12.1 Å². The molecular weight excluding hydrogens is 1130 g/mol. The first-order valence-corrected chi connectivity index (χ1v) is 31.3. The second-order valence-electron chi connectivity index (χ2n) is 19.7. The number of nitrogens with zero attached hydrogens (tertiary/aromatic N) is 3. The molecule has 1 saturated heterocycles. The molecular formula is C49H57N3O21S5. The molecule has 2 atom stereocenters. The van der Waals surface area contributed by atoms with Crippen molar-refractivity contribution >= 4 is 101 Å². The van der Waals surface area contributed by atoms with Crippen LogP contribution >= 0.6 is 0 Å². The predicted octanol–water partition coefficient (Wildman–Crippen LogP) is 5.33. The standard InChI is InChI=1S/C49H57N3O21S5/c1-30(10-16-42-49(4,19-7-25-74(56,57)58)47-36-27-32(76(62,63)64)29-40(78(68,69)70)34(36)12-14-38(47)51(42)21-22-72-24-23-71-5)9-15-41-48(2,3)46-35-26-31(75(59,60)61)28-39(77(65,66)67)33(35)11-13-37(46)50(41)20-6-8-45(55)73-52-43(53)17-18-44(52)54/h9-16,26-29,42H,6-8,17-25H2,1-5H3,(H,56,57,58)(H,59,60,61)(H,62,63,64)(H,65,66,67)(H,68,69,70)/b16-10+,30-9+,41-15+. The van der Waals surface area contributed by atoms with Crippen LogP contribution < -0.4 is 9.80 Å². The van der Waals surface area contributed by atoms with Crippen molar-refractivity contribution in [2.24, 2.45) is 0 Å². The second-order valence-corrected chi connectivity index (χ2v) is 26.8. The highest BCUT2D eigenvalue weighted by molar-refractivity contribution is 7.87. The number of carbonyl (C=O) groups is 3. The van der Waals surface area contributed by atoms with E-state index in [0.29, 0.717) is 51.0 Å². The van der Waals surface area contributed by atoms with E-state index in [9.17, 15) is 79.2 Å². The lowest BCUT2D eigenvalue weighted by atomic mass is 9.73. The summed E-state index contributed by atoms with van der Waals surface area (Å²) in [6, 6.07) is 8.37. The average Bonchev–Trinajstić information content (AvgIpc) is 3.91. The minimum Gasteiger partial charge on any atom is -0.382 e. The molecule has 3 aliphatic rings. The minimum absolute atomic E-state index is 0.0165. The fourth-order valence-electron chi connectivity index (χ4n) is 10.5. The maximum Gasteiger partial charge on any atom is 0.333 e. The van der Waals surface area contributed by atoms with E-state index in [1.807, 2.05) is 4.90 Å². The van der Waals surface area contributed by atoms with Crippen molar-refractivity contribution in [3.05, 3.63) is 95.2 Å². The van der Waals surface area contributed by atoms with Gasteiger partial charge in [0.25, 0.3) is 62.4 Å². The van der Waals surface area contributed by atoms with Gasteiger partial charge in [0.05, 0.1) is 41.4 Å². The maximum absolute atomic E-state index is 13.0. The zero-order valence-electron chi connectivity index (χ0n) is 42.6. The van der Waals surface area contributed by atoms with E-state index in [4.69, 9.17) is 14.3 Å². The second kappa shape index (κ2) is 22.1. The Morgan fingerprint density at radius 3 is 1.77 bits per heavy atom. The van der Waals surface area contributed by atoms with Gasteiger partial charge in [-0.1, -0.05) is 56.7 Å². The van der Waals surface area contributed by atoms with Gasteiger partial charge in [0, 0.05) is 78.1 Å². The van der Waals surface area contributed by atoms with Crippen LogP contribution in [-0.4, -0.2) is 140 Å². The number of hydrogen-bond donors (Lipinski definition) is 5. The maximum atomic E-state index is 13.0. The van der Waals surface area contributed by atoms with Gasteiger partial charge in [-0.25, -0.2) is 4.79 Å². The number of benzene rings is 4. The molecule has 5 N–H and O–H groups in total. The Morgan fingerprint density at radius 1 is 0.692 bits per heavy atom. The van der Waals surface area contributed by atoms with Gasteiger partial charge in [-0.3, -0.25) is 32.4 Å². The molecule has 0 aliphatic carbocycles. The number of carbonyl (C=O) groups excluding carboxylic acids is 3. The SMILES string of the molecule is COCCOCCN1c2ccc3c(S(=O)(=O)O)cc(S(=O)(=O)O)cc3c2C(C)(CCCS(=O)(=O)O)C1/C=C/C(C)=C/C=C1/N(CCCC(=O)ON2C(=O)CCC2=O)c2ccc3c(S(=O)(=O)O)cc(S(=O)(=O)O)cc3c2C1(C)C. The van der Waals surface area contributed by atoms with Crippen molar-refractivity contribution in [3.8, 4) is 0 Å². The van der Waals surface area contributed by atoms with E-state index in [1.54, 1.807) is 63.0 Å². The Labute approximate surface area is 451 Å². The van der Waals surface area contributed by atoms with Gasteiger partial charge >= 0.3 is 5.97 Å². The van der Waals surface area contributed by atoms with Crippen LogP contribution in [0.2, 0.25) is 0 Å². The summed E-state index contributed by atoms with van der Waals surface area (Å²) in [5.74, 6) is -2.95. The van der Waals surface area contributed by atoms with Crippen molar-refractivity contribution < 1.29 is 93.5 Å². The molecule has 3 aliphatic heterocycles. The zero-order chi connectivity index (χ0) is 57.7. The molecule has 4 aromatic carbocycles. The Balaban J connectivity index is 1.37. The number of amides is 2. The van der Waals surface area contributed by atoms with Crippen molar-refractivity contribution in [1.29, 1.82) is 0 Å². The molecule has 4 aromatic rings. The molecule has 24 nitrogen and oxygen atoms in total. The van der Waals surface area contributed by atoms with Gasteiger partial charge in [-0.05, 0) is 90.6 Å². The van der Waals surface area contributed by atoms with Crippen molar-refractivity contribution in [2.45, 2.75) is 103 Å². The first kappa shape index (κ1) is 60.0. The fraction of sp³-hybridized carbons (Fsp3) is 0.408. The lowest BCUT2D eigenvalue weighted by Crippen LogP contribution is -2.43. The van der Waals surface area contributed by atoms with Crippen LogP contribution in [0.5, 0.6) is 0 Å². The summed E-state index contributed by atoms with van der Waals surface area (Å²) in [7, 11) is -23.4. The van der Waals surface area contributed by atoms with Gasteiger partial charge < -0.3 is 24.1 Å². The van der Waals surface area contributed by atoms with Crippen molar-refractivity contribution in [2.75, 3.05) is 55.6 Å². The summed E-state index contributed by atoms with van der Waals surface area (Å²) in [6.45, 7) is 7.62. The third-order valence-electron chi connectivity index (χ3n) is 14.0. The lowest BCUT2D eigenvalue weighted by Gasteiger charge is -2.35. The van der Waals surface area contributed by atoms with Crippen LogP contribution in [0, 0.1) is 0 Å². The molecule has 0 radical (unpaired) electrons. The summed E-state index contributed by atoms with van der Waals surface area (Å²) in [4.78, 5) is 42.7. The van der Waals surface area contributed by atoms with Crippen LogP contribution in [0.25, 0.3) is 21.5 Å². The van der Waals surface area contributed by atoms with Crippen molar-refractivity contribution in [3.63, 3.8) is 0 Å². The van der Waals surface area contributed by atoms with Crippen LogP contribution in [0.15, 0.2) is 104 Å². The van der Waals surface area contributed by atoms with E-state index in [-0.39, 0.29) is 93.0 Å². The molecule has 0 spiro atoms. The molecule has 0 aromatic heterocycles. The number of hydroxylamine groups is 2. The van der Waals surface area contributed by atoms with Gasteiger partial charge in [0.2, 0.25) is 0 Å². The molecule has 424 valence electrons. The Morgan fingerprint density at radius 2 is 1.24 bits per heavy atom. The largest absolute Gasteiger partial charge is 0.382 e. The Hall–Kier alpha value is -5.70. The average molecular weight is 1180 g/mol. The summed E-state index contributed by atoms with van der Waals surface area (Å²) >= 11 is 0. The number of methoxy groups -OCH3 is 1. The monoisotopic (exact) mass is 1180 g/mol. The number of hydrogen-bond acceptors (Lipinski definition) is 18. The number of fused-ring (bicyclic) bond motifs is 6. The molecule has 3 heterocycles. The number of allylic oxidation sites excluding steroid dienone is 5. The topological polar surface area (TPSA) is 360 Å². The number of imide groups is 1. The van der Waals surface area contributed by atoms with E-state index >= 15 is 0 Å². The van der Waals surface area contributed by atoms with E-state index in [2.05, 4.69) is 0 Å². The Bertz CT molecular complexity index is 3800. The van der Waals surface area contributed by atoms with E-state index < -0.39 is 111 Å². The van der Waals surface area contributed by atoms with Crippen LogP contribution in [-0.2, 0) is 90.1 Å². The number of ether oxygens (including phenoxy) is 2. The molecule has 0 saturated carbocycles. The minimum atomic E-state index is -5.14. The molecule has 2 unspecified atom stereocenters. The molecule has 0 bridgehead atoms. The normalized spacial score (nSPS) is 19.8. The van der Waals surface area contributed by atoms with Gasteiger partial charge in [0.1, 0.15) is 9.79 Å². The first-order valence-electron chi connectivity index (χ1n) is 23.9. The quantitative estimate of drug-likeness (QED) is 0.0287. The van der Waals surface area contributed by atoms with Crippen LogP contribution in [0.3, 0.4) is 0 Å². The molecule has 2 amide bonds.